The quantitative estimate of drug-likeness (QED) is 0.811. The summed E-state index contributed by atoms with van der Waals surface area (Å²) >= 11 is 0. The van der Waals surface area contributed by atoms with E-state index in [0.29, 0.717) is 32.5 Å². The molecule has 1 fully saturated rings. The Kier molecular flexibility index (Phi) is 5.92. The fourth-order valence-electron chi connectivity index (χ4n) is 3.47. The van der Waals surface area contributed by atoms with E-state index in [1.54, 1.807) is 11.9 Å². The number of carbonyl (C=O) groups is 2. The van der Waals surface area contributed by atoms with Crippen molar-refractivity contribution in [1.82, 2.24) is 14.8 Å². The Morgan fingerprint density at radius 2 is 2.04 bits per heavy atom. The number of nitrogens with zero attached hydrogens (tertiary/aromatic N) is 3. The number of aryl methyl sites for hydroxylation is 1. The van der Waals surface area contributed by atoms with E-state index in [1.807, 2.05) is 18.2 Å². The maximum Gasteiger partial charge on any atom is 0.249 e. The molecule has 1 aromatic heterocycles. The minimum atomic E-state index is -2.75. The highest BCUT2D eigenvalue weighted by Gasteiger charge is 2.49. The van der Waals surface area contributed by atoms with Crippen molar-refractivity contribution in [3.8, 4) is 0 Å². The summed E-state index contributed by atoms with van der Waals surface area (Å²) in [6, 6.07) is 5.76. The number of hydrogen-bond donors (Lipinski definition) is 1. The third-order valence-electron chi connectivity index (χ3n) is 5.15. The van der Waals surface area contributed by atoms with E-state index >= 15 is 0 Å². The van der Waals surface area contributed by atoms with E-state index in [9.17, 15) is 18.4 Å². The number of carbonyl (C=O) groups excluding carboxylic acids is 2. The van der Waals surface area contributed by atoms with Gasteiger partial charge >= 0.3 is 0 Å². The number of nitrogens with one attached hydrogen (secondary N) is 1. The number of anilines is 1. The molecule has 27 heavy (non-hydrogen) atoms. The Hall–Kier alpha value is -2.25. The average molecular weight is 380 g/mol. The second kappa shape index (κ2) is 8.19. The van der Waals surface area contributed by atoms with Crippen LogP contribution in [0.5, 0.6) is 0 Å². The maximum atomic E-state index is 13.2. The van der Waals surface area contributed by atoms with Crippen LogP contribution < -0.4 is 5.32 Å². The van der Waals surface area contributed by atoms with Crippen LogP contribution >= 0.6 is 0 Å². The van der Waals surface area contributed by atoms with Crippen molar-refractivity contribution < 1.29 is 18.4 Å². The summed E-state index contributed by atoms with van der Waals surface area (Å²) in [7, 11) is 1.70. The van der Waals surface area contributed by atoms with Crippen LogP contribution in [0.15, 0.2) is 18.2 Å². The van der Waals surface area contributed by atoms with E-state index in [-0.39, 0.29) is 18.4 Å². The van der Waals surface area contributed by atoms with E-state index in [2.05, 4.69) is 10.3 Å². The van der Waals surface area contributed by atoms with Gasteiger partial charge in [-0.15, -0.1) is 0 Å². The van der Waals surface area contributed by atoms with Crippen LogP contribution in [0.3, 0.4) is 0 Å². The van der Waals surface area contributed by atoms with Gasteiger partial charge in [-0.1, -0.05) is 6.07 Å². The van der Waals surface area contributed by atoms with Gasteiger partial charge in [-0.25, -0.2) is 13.8 Å². The molecule has 0 radical (unpaired) electrons. The van der Waals surface area contributed by atoms with Gasteiger partial charge in [-0.3, -0.25) is 9.59 Å². The largest absolute Gasteiger partial charge is 0.370 e. The molecule has 0 spiro atoms. The molecule has 2 bridgehead atoms. The molecule has 1 saturated carbocycles. The number of likely N-dealkylation sites (N-methyl/N-ethyl adjacent to an activating group) is 1. The normalized spacial score (nSPS) is 21.8. The number of halogens is 2. The van der Waals surface area contributed by atoms with E-state index in [4.69, 9.17) is 0 Å². The zero-order valence-electron chi connectivity index (χ0n) is 15.6. The first-order valence-electron chi connectivity index (χ1n) is 9.44. The molecule has 1 aliphatic carbocycles. The van der Waals surface area contributed by atoms with Gasteiger partial charge in [0.05, 0.1) is 6.54 Å². The molecule has 6 nitrogen and oxygen atoms in total. The summed E-state index contributed by atoms with van der Waals surface area (Å²) in [6.45, 7) is 1.54. The van der Waals surface area contributed by atoms with Crippen molar-refractivity contribution in [2.45, 2.75) is 38.0 Å². The number of pyridine rings is 1. The van der Waals surface area contributed by atoms with Gasteiger partial charge in [0, 0.05) is 51.1 Å². The van der Waals surface area contributed by atoms with Crippen LogP contribution in [0.25, 0.3) is 0 Å². The number of rotatable bonds is 1. The molecule has 2 aliphatic rings. The Morgan fingerprint density at radius 3 is 2.78 bits per heavy atom. The minimum Gasteiger partial charge on any atom is -0.370 e. The Labute approximate surface area is 157 Å². The molecule has 3 rings (SSSR count). The Bertz CT molecular complexity index is 690. The molecule has 148 valence electrons. The number of fused-ring (bicyclic) bond motifs is 2. The summed E-state index contributed by atoms with van der Waals surface area (Å²) in [5.74, 6) is -3.13. The van der Waals surface area contributed by atoms with Crippen molar-refractivity contribution >= 4 is 17.6 Å². The lowest BCUT2D eigenvalue weighted by Crippen LogP contribution is -2.50. The molecule has 8 heteroatoms. The van der Waals surface area contributed by atoms with Crippen LogP contribution in [0.4, 0.5) is 14.6 Å². The molecule has 1 aromatic rings. The van der Waals surface area contributed by atoms with Gasteiger partial charge in [-0.05, 0) is 31.4 Å². The minimum absolute atomic E-state index is 0.0572. The summed E-state index contributed by atoms with van der Waals surface area (Å²) in [6.07, 6.45) is 1.20. The standard InChI is InChI=1S/C19H26F2N4O2/c1-24-9-4-8-22-16-7-2-5-15(23-16)6-3-10-25(13-17(24)26)18(27)14-11-19(20,21)12-14/h2,5,7,14H,3-4,6,8-13H2,1H3,(H,22,23). The molecular weight excluding hydrogens is 354 g/mol. The second-order valence-corrected chi connectivity index (χ2v) is 7.43. The van der Waals surface area contributed by atoms with Crippen molar-refractivity contribution in [1.29, 1.82) is 0 Å². The first kappa shape index (κ1) is 19.5. The summed E-state index contributed by atoms with van der Waals surface area (Å²) in [5, 5.41) is 3.25. The fourth-order valence-corrected chi connectivity index (χ4v) is 3.47. The van der Waals surface area contributed by atoms with Gasteiger partial charge in [0.1, 0.15) is 5.82 Å². The summed E-state index contributed by atoms with van der Waals surface area (Å²) in [5.41, 5.74) is 0.906. The molecule has 2 heterocycles. The van der Waals surface area contributed by atoms with Crippen LogP contribution in [0.1, 0.15) is 31.4 Å². The molecule has 0 saturated heterocycles. The lowest BCUT2D eigenvalue weighted by atomic mass is 9.80. The molecule has 0 atom stereocenters. The molecule has 1 N–H and O–H groups in total. The molecule has 2 amide bonds. The van der Waals surface area contributed by atoms with E-state index in [0.717, 1.165) is 17.9 Å². The van der Waals surface area contributed by atoms with E-state index < -0.39 is 24.7 Å². The van der Waals surface area contributed by atoms with E-state index in [1.165, 1.54) is 4.90 Å². The highest BCUT2D eigenvalue weighted by molar-refractivity contribution is 5.86. The topological polar surface area (TPSA) is 65.5 Å². The molecule has 1 aliphatic heterocycles. The zero-order valence-corrected chi connectivity index (χ0v) is 15.6. The highest BCUT2D eigenvalue weighted by Crippen LogP contribution is 2.43. The second-order valence-electron chi connectivity index (χ2n) is 7.43. The monoisotopic (exact) mass is 380 g/mol. The fraction of sp³-hybridized carbons (Fsp3) is 0.632. The average Bonchev–Trinajstić information content (AvgIpc) is 2.61. The van der Waals surface area contributed by atoms with Gasteiger partial charge in [-0.2, -0.15) is 0 Å². The van der Waals surface area contributed by atoms with Crippen LogP contribution in [-0.4, -0.2) is 65.7 Å². The van der Waals surface area contributed by atoms with Crippen molar-refractivity contribution in [3.05, 3.63) is 23.9 Å². The molecule has 0 unspecified atom stereocenters. The zero-order chi connectivity index (χ0) is 19.4. The third-order valence-corrected chi connectivity index (χ3v) is 5.15. The predicted octanol–water partition coefficient (Wildman–Crippen LogP) is 2.16. The first-order valence-corrected chi connectivity index (χ1v) is 9.44. The number of amides is 2. The van der Waals surface area contributed by atoms with Crippen molar-refractivity contribution in [2.24, 2.45) is 5.92 Å². The van der Waals surface area contributed by atoms with Gasteiger partial charge in [0.25, 0.3) is 0 Å². The number of aromatic nitrogens is 1. The Balaban J connectivity index is 1.70. The smallest absolute Gasteiger partial charge is 0.249 e. The number of hydrogen-bond acceptors (Lipinski definition) is 4. The SMILES string of the molecule is CN1CCCNc2cccc(n2)CCCN(C(=O)C2CC(F)(F)C2)CC1=O. The Morgan fingerprint density at radius 1 is 1.26 bits per heavy atom. The van der Waals surface area contributed by atoms with Gasteiger partial charge in [0.15, 0.2) is 0 Å². The third kappa shape index (κ3) is 5.14. The van der Waals surface area contributed by atoms with Crippen molar-refractivity contribution in [3.63, 3.8) is 0 Å². The molecule has 0 aromatic carbocycles. The predicted molar refractivity (Wildman–Crippen MR) is 97.6 cm³/mol. The summed E-state index contributed by atoms with van der Waals surface area (Å²) < 4.78 is 26.3. The lowest BCUT2D eigenvalue weighted by Gasteiger charge is -2.37. The van der Waals surface area contributed by atoms with Gasteiger partial charge in [0.2, 0.25) is 17.7 Å². The van der Waals surface area contributed by atoms with Crippen LogP contribution in [-0.2, 0) is 16.0 Å². The van der Waals surface area contributed by atoms with Crippen LogP contribution in [0, 0.1) is 5.92 Å². The first-order chi connectivity index (χ1) is 12.8. The molecular formula is C19H26F2N4O2. The number of alkyl halides is 2. The van der Waals surface area contributed by atoms with Gasteiger partial charge < -0.3 is 15.1 Å². The summed E-state index contributed by atoms with van der Waals surface area (Å²) in [4.78, 5) is 32.7. The highest BCUT2D eigenvalue weighted by atomic mass is 19.3. The van der Waals surface area contributed by atoms with Crippen molar-refractivity contribution in [2.75, 3.05) is 38.5 Å². The van der Waals surface area contributed by atoms with Crippen LogP contribution in [0.2, 0.25) is 0 Å². The lowest BCUT2D eigenvalue weighted by molar-refractivity contribution is -0.161. The maximum absolute atomic E-state index is 13.2.